The molecule has 0 radical (unpaired) electrons. The van der Waals surface area contributed by atoms with Crippen LogP contribution in [0.5, 0.6) is 0 Å². The van der Waals surface area contributed by atoms with Crippen LogP contribution in [0.4, 0.5) is 5.82 Å². The van der Waals surface area contributed by atoms with Crippen LogP contribution in [-0.4, -0.2) is 37.8 Å². The van der Waals surface area contributed by atoms with E-state index in [1.807, 2.05) is 34.9 Å². The molecule has 1 atom stereocenters. The van der Waals surface area contributed by atoms with Gasteiger partial charge in [0.05, 0.1) is 32.0 Å². The minimum Gasteiger partial charge on any atom is -0.382 e. The van der Waals surface area contributed by atoms with Crippen LogP contribution < -0.4 is 33.3 Å². The number of nitrogens with two attached hydrogens (primary N) is 4. The summed E-state index contributed by atoms with van der Waals surface area (Å²) in [4.78, 5) is 5.63. The second-order valence-electron chi connectivity index (χ2n) is 6.45. The zero-order valence-corrected chi connectivity index (χ0v) is 17.0. The molecule has 1 aliphatic heterocycles. The maximum absolute atomic E-state index is 13.1. The molecule has 1 aliphatic rings. The summed E-state index contributed by atoms with van der Waals surface area (Å²) in [6.45, 7) is 1.38. The molecule has 1 saturated heterocycles. The average Bonchev–Trinajstić information content (AvgIpc) is 3.07. The molecule has 0 aliphatic carbocycles. The van der Waals surface area contributed by atoms with Crippen LogP contribution in [0.15, 0.2) is 51.6 Å². The molecule has 1 unspecified atom stereocenters. The van der Waals surface area contributed by atoms with Crippen LogP contribution in [0, 0.1) is 0 Å². The van der Waals surface area contributed by atoms with E-state index in [2.05, 4.69) is 20.8 Å². The van der Waals surface area contributed by atoms with Crippen molar-refractivity contribution in [2.75, 3.05) is 18.8 Å². The van der Waals surface area contributed by atoms with Gasteiger partial charge in [-0.2, -0.15) is 5.10 Å². The number of hydrogen-bond acceptors (Lipinski definition) is 9. The molecule has 10 nitrogen and oxygen atoms in total. The second-order valence-corrected chi connectivity index (χ2v) is 8.80. The highest BCUT2D eigenvalue weighted by Crippen LogP contribution is 2.37. The van der Waals surface area contributed by atoms with Gasteiger partial charge in [0.25, 0.3) is 0 Å². The third-order valence-corrected chi connectivity index (χ3v) is 7.30. The van der Waals surface area contributed by atoms with Crippen molar-refractivity contribution in [2.45, 2.75) is 15.0 Å². The lowest BCUT2D eigenvalue weighted by Gasteiger charge is -2.27. The first-order chi connectivity index (χ1) is 14.1. The van der Waals surface area contributed by atoms with Gasteiger partial charge in [-0.3, -0.25) is 9.35 Å². The monoisotopic (exact) mass is 431 g/mol. The summed E-state index contributed by atoms with van der Waals surface area (Å²) in [5, 5.41) is 13.0. The number of nitrogens with zero attached hydrogens (tertiary/aromatic N) is 3. The molecule has 10 N–H and O–H groups in total. The van der Waals surface area contributed by atoms with Crippen LogP contribution in [-0.2, 0) is 10.8 Å². The largest absolute Gasteiger partial charge is 0.382 e. The van der Waals surface area contributed by atoms with Crippen molar-refractivity contribution in [2.24, 2.45) is 21.9 Å². The van der Waals surface area contributed by atoms with Gasteiger partial charge >= 0.3 is 0 Å². The molecule has 0 spiro atoms. The van der Waals surface area contributed by atoms with E-state index in [1.165, 1.54) is 0 Å². The summed E-state index contributed by atoms with van der Waals surface area (Å²) in [6, 6.07) is 7.46. The summed E-state index contributed by atoms with van der Waals surface area (Å²) in [5.74, 6) is 11.9. The van der Waals surface area contributed by atoms with Crippen molar-refractivity contribution in [3.05, 3.63) is 42.2 Å². The fourth-order valence-corrected chi connectivity index (χ4v) is 5.59. The smallest absolute Gasteiger partial charge is 0.168 e. The molecule has 2 aromatic heterocycles. The Morgan fingerprint density at radius 1 is 1.34 bits per heavy atom. The van der Waals surface area contributed by atoms with E-state index in [4.69, 9.17) is 22.6 Å². The number of pyridine rings is 1. The molecule has 1 aromatic carbocycles. The summed E-state index contributed by atoms with van der Waals surface area (Å²) >= 11 is 0.984. The van der Waals surface area contributed by atoms with E-state index in [0.29, 0.717) is 39.9 Å². The van der Waals surface area contributed by atoms with Gasteiger partial charge in [0, 0.05) is 30.4 Å². The van der Waals surface area contributed by atoms with Gasteiger partial charge in [-0.05, 0) is 35.7 Å². The molecule has 4 rings (SSSR count). The number of fused-ring (bicyclic) bond motifs is 1. The van der Waals surface area contributed by atoms with Crippen molar-refractivity contribution < 1.29 is 4.21 Å². The lowest BCUT2D eigenvalue weighted by Crippen LogP contribution is -2.49. The number of imidazole rings is 1. The highest BCUT2D eigenvalue weighted by atomic mass is 32.2. The number of hydrazone groups is 1. The zero-order valence-electron chi connectivity index (χ0n) is 15.3. The summed E-state index contributed by atoms with van der Waals surface area (Å²) < 4.78 is 14.9. The van der Waals surface area contributed by atoms with E-state index < -0.39 is 10.8 Å². The molecular formula is C17H21N9OS2. The number of rotatable bonds is 5. The minimum atomic E-state index is -1.24. The lowest BCUT2D eigenvalue weighted by molar-refractivity contribution is 0.525. The summed E-state index contributed by atoms with van der Waals surface area (Å²) in [5.41, 5.74) is 11.2. The molecule has 1 fully saturated rings. The predicted molar refractivity (Wildman–Crippen MR) is 116 cm³/mol. The number of aromatic nitrogens is 2. The molecular weight excluding hydrogens is 410 g/mol. The van der Waals surface area contributed by atoms with Gasteiger partial charge in [0.2, 0.25) is 0 Å². The Kier molecular flexibility index (Phi) is 5.43. The molecule has 0 bridgehead atoms. The van der Waals surface area contributed by atoms with Crippen LogP contribution in [0.1, 0.15) is 5.56 Å². The Morgan fingerprint density at radius 3 is 2.76 bits per heavy atom. The Bertz CT molecular complexity index is 1120. The van der Waals surface area contributed by atoms with Gasteiger partial charge in [-0.25, -0.2) is 10.8 Å². The Hall–Kier alpha value is -2.64. The van der Waals surface area contributed by atoms with Crippen molar-refractivity contribution >= 4 is 40.0 Å². The van der Waals surface area contributed by atoms with Crippen LogP contribution >= 0.6 is 11.9 Å². The maximum atomic E-state index is 13.1. The Labute approximate surface area is 173 Å². The third kappa shape index (κ3) is 3.34. The van der Waals surface area contributed by atoms with E-state index >= 15 is 0 Å². The first kappa shape index (κ1) is 19.7. The van der Waals surface area contributed by atoms with Gasteiger partial charge in [-0.1, -0.05) is 6.07 Å². The molecule has 3 aromatic rings. The molecule has 12 heteroatoms. The van der Waals surface area contributed by atoms with Crippen molar-refractivity contribution in [3.8, 4) is 11.1 Å². The number of hydrogen-bond donors (Lipinski definition) is 6. The fourth-order valence-electron chi connectivity index (χ4n) is 3.31. The van der Waals surface area contributed by atoms with Crippen molar-refractivity contribution in [3.63, 3.8) is 0 Å². The number of benzene rings is 1. The Balaban J connectivity index is 1.99. The highest BCUT2D eigenvalue weighted by molar-refractivity contribution is 7.98. The molecule has 3 heterocycles. The van der Waals surface area contributed by atoms with Gasteiger partial charge < -0.3 is 26.7 Å². The Morgan fingerprint density at radius 2 is 2.14 bits per heavy atom. The third-order valence-electron chi connectivity index (χ3n) is 4.80. The number of hydrazine groups is 1. The quantitative estimate of drug-likeness (QED) is 0.104. The molecule has 0 amide bonds. The number of anilines is 1. The predicted octanol–water partition coefficient (Wildman–Crippen LogP) is -0.288. The van der Waals surface area contributed by atoms with E-state index in [0.717, 1.165) is 23.1 Å². The molecule has 152 valence electrons. The van der Waals surface area contributed by atoms with Gasteiger partial charge in [0.1, 0.15) is 11.5 Å². The standard InChI is InChI=1S/C17H21N9OS2/c18-13-8-26-5-1-2-11(17(26)23-13)10-3-4-12(29(27)9-6-22-7-9)15(28-21)14(10)16(24-19)25-20/h1-5,8-9,22H,6-7,18-21H2,(H,24,25). The van der Waals surface area contributed by atoms with Crippen LogP contribution in [0.25, 0.3) is 16.8 Å². The summed E-state index contributed by atoms with van der Waals surface area (Å²) in [6.07, 6.45) is 3.58. The fraction of sp³-hybridized carbons (Fsp3) is 0.176. The van der Waals surface area contributed by atoms with Crippen molar-refractivity contribution in [1.82, 2.24) is 20.1 Å². The highest BCUT2D eigenvalue weighted by Gasteiger charge is 2.29. The first-order valence-electron chi connectivity index (χ1n) is 8.72. The topological polar surface area (TPSA) is 175 Å². The first-order valence-corrected chi connectivity index (χ1v) is 10.8. The molecule has 29 heavy (non-hydrogen) atoms. The lowest BCUT2D eigenvalue weighted by atomic mass is 9.99. The summed E-state index contributed by atoms with van der Waals surface area (Å²) in [7, 11) is -1.24. The number of amidine groups is 1. The second kappa shape index (κ2) is 8.00. The minimum absolute atomic E-state index is 0.0271. The van der Waals surface area contributed by atoms with E-state index in [1.54, 1.807) is 6.20 Å². The molecule has 0 saturated carbocycles. The van der Waals surface area contributed by atoms with Crippen molar-refractivity contribution in [1.29, 1.82) is 0 Å². The van der Waals surface area contributed by atoms with Crippen LogP contribution in [0.3, 0.4) is 0 Å². The number of nitrogen functional groups attached to an aromatic ring is 1. The van der Waals surface area contributed by atoms with Gasteiger partial charge in [0.15, 0.2) is 5.84 Å². The maximum Gasteiger partial charge on any atom is 0.168 e. The van der Waals surface area contributed by atoms with Crippen LogP contribution in [0.2, 0.25) is 0 Å². The van der Waals surface area contributed by atoms with E-state index in [-0.39, 0.29) is 11.1 Å². The number of nitrogens with one attached hydrogen (secondary N) is 2. The average molecular weight is 432 g/mol. The van der Waals surface area contributed by atoms with Gasteiger partial charge in [-0.15, -0.1) is 0 Å². The van der Waals surface area contributed by atoms with E-state index in [9.17, 15) is 4.21 Å². The zero-order chi connectivity index (χ0) is 20.5. The normalized spacial score (nSPS) is 16.0. The SMILES string of the molecule is N/N=C(\NN)c1c(-c2cccn3cc(N)nc23)ccc(S(=O)C2CNC2)c1SN.